The Morgan fingerprint density at radius 3 is 2.94 bits per heavy atom. The van der Waals surface area contributed by atoms with Gasteiger partial charge in [0.2, 0.25) is 5.91 Å². The zero-order valence-corrected chi connectivity index (χ0v) is 10.3. The largest absolute Gasteiger partial charge is 0.496 e. The van der Waals surface area contributed by atoms with E-state index in [1.165, 1.54) is 0 Å². The number of nitrogen functional groups attached to an aromatic ring is 1. The normalized spacial score (nSPS) is 19.4. The first-order valence-electron chi connectivity index (χ1n) is 5.84. The van der Waals surface area contributed by atoms with Gasteiger partial charge in [0.05, 0.1) is 13.2 Å². The Labute approximate surface area is 101 Å². The van der Waals surface area contributed by atoms with Gasteiger partial charge in [0.1, 0.15) is 5.75 Å². The second-order valence-electron chi connectivity index (χ2n) is 4.37. The molecule has 1 aliphatic heterocycles. The van der Waals surface area contributed by atoms with Crippen molar-refractivity contribution in [1.82, 2.24) is 4.90 Å². The van der Waals surface area contributed by atoms with Crippen molar-refractivity contribution in [3.8, 4) is 5.75 Å². The summed E-state index contributed by atoms with van der Waals surface area (Å²) in [7, 11) is 1.63. The fourth-order valence-corrected chi connectivity index (χ4v) is 2.47. The maximum absolute atomic E-state index is 11.6. The van der Waals surface area contributed by atoms with Gasteiger partial charge in [0.25, 0.3) is 0 Å². The Hall–Kier alpha value is -1.71. The van der Waals surface area contributed by atoms with Crippen LogP contribution in [0, 0.1) is 0 Å². The lowest BCUT2D eigenvalue weighted by atomic mass is 10.0. The van der Waals surface area contributed by atoms with Crippen LogP contribution in [-0.4, -0.2) is 24.5 Å². The van der Waals surface area contributed by atoms with Gasteiger partial charge in [0, 0.05) is 30.8 Å². The van der Waals surface area contributed by atoms with Crippen LogP contribution in [0.25, 0.3) is 0 Å². The summed E-state index contributed by atoms with van der Waals surface area (Å²) < 4.78 is 5.35. The van der Waals surface area contributed by atoms with Crippen LogP contribution in [0.5, 0.6) is 5.75 Å². The SMILES string of the molecule is COc1cc(N)ccc1C1CCCN1C(C)=O. The summed E-state index contributed by atoms with van der Waals surface area (Å²) in [6.07, 6.45) is 2.03. The van der Waals surface area contributed by atoms with E-state index in [2.05, 4.69) is 0 Å². The van der Waals surface area contributed by atoms with Crippen LogP contribution in [0.1, 0.15) is 31.4 Å². The van der Waals surface area contributed by atoms with Crippen molar-refractivity contribution in [2.24, 2.45) is 0 Å². The van der Waals surface area contributed by atoms with Crippen LogP contribution in [-0.2, 0) is 4.79 Å². The predicted molar refractivity (Wildman–Crippen MR) is 66.8 cm³/mol. The van der Waals surface area contributed by atoms with Crippen molar-refractivity contribution < 1.29 is 9.53 Å². The van der Waals surface area contributed by atoms with Crippen molar-refractivity contribution >= 4 is 11.6 Å². The van der Waals surface area contributed by atoms with Crippen molar-refractivity contribution in [2.75, 3.05) is 19.4 Å². The standard InChI is InChI=1S/C13H18N2O2/c1-9(16)15-7-3-4-12(15)11-6-5-10(14)8-13(11)17-2/h5-6,8,12H,3-4,7,14H2,1-2H3. The third-order valence-corrected chi connectivity index (χ3v) is 3.27. The summed E-state index contributed by atoms with van der Waals surface area (Å²) in [4.78, 5) is 13.5. The molecule has 2 N–H and O–H groups in total. The molecule has 1 aliphatic rings. The molecule has 1 atom stereocenters. The van der Waals surface area contributed by atoms with E-state index in [1.54, 1.807) is 14.0 Å². The number of nitrogens with two attached hydrogens (primary N) is 1. The topological polar surface area (TPSA) is 55.6 Å². The molecule has 17 heavy (non-hydrogen) atoms. The first kappa shape index (κ1) is 11.8. The molecule has 0 aliphatic carbocycles. The van der Waals surface area contributed by atoms with Crippen LogP contribution < -0.4 is 10.5 Å². The van der Waals surface area contributed by atoms with Gasteiger partial charge in [-0.05, 0) is 18.9 Å². The number of hydrogen-bond donors (Lipinski definition) is 1. The average molecular weight is 234 g/mol. The fourth-order valence-electron chi connectivity index (χ4n) is 2.47. The zero-order valence-electron chi connectivity index (χ0n) is 10.3. The number of carbonyl (C=O) groups is 1. The van der Waals surface area contributed by atoms with Crippen LogP contribution in [0.15, 0.2) is 18.2 Å². The molecule has 4 heteroatoms. The minimum absolute atomic E-state index is 0.117. The summed E-state index contributed by atoms with van der Waals surface area (Å²) >= 11 is 0. The van der Waals surface area contributed by atoms with E-state index in [4.69, 9.17) is 10.5 Å². The molecule has 1 aromatic rings. The quantitative estimate of drug-likeness (QED) is 0.796. The van der Waals surface area contributed by atoms with Crippen molar-refractivity contribution in [3.63, 3.8) is 0 Å². The molecular formula is C13H18N2O2. The third-order valence-electron chi connectivity index (χ3n) is 3.27. The molecule has 1 amide bonds. The number of amides is 1. The van der Waals surface area contributed by atoms with Crippen LogP contribution >= 0.6 is 0 Å². The Morgan fingerprint density at radius 2 is 2.29 bits per heavy atom. The van der Waals surface area contributed by atoms with Crippen molar-refractivity contribution in [1.29, 1.82) is 0 Å². The molecule has 0 spiro atoms. The first-order chi connectivity index (χ1) is 8.13. The lowest BCUT2D eigenvalue weighted by Gasteiger charge is -2.25. The Kier molecular flexibility index (Phi) is 3.22. The van der Waals surface area contributed by atoms with E-state index in [1.807, 2.05) is 23.1 Å². The number of anilines is 1. The maximum atomic E-state index is 11.6. The Morgan fingerprint density at radius 1 is 1.53 bits per heavy atom. The van der Waals surface area contributed by atoms with E-state index in [9.17, 15) is 4.79 Å². The summed E-state index contributed by atoms with van der Waals surface area (Å²) in [5.41, 5.74) is 7.46. The first-order valence-corrected chi connectivity index (χ1v) is 5.84. The van der Waals surface area contributed by atoms with Gasteiger partial charge in [-0.2, -0.15) is 0 Å². The molecular weight excluding hydrogens is 216 g/mol. The lowest BCUT2D eigenvalue weighted by Crippen LogP contribution is -2.28. The molecule has 4 nitrogen and oxygen atoms in total. The highest BCUT2D eigenvalue weighted by Gasteiger charge is 2.29. The third kappa shape index (κ3) is 2.20. The highest BCUT2D eigenvalue weighted by molar-refractivity contribution is 5.74. The minimum Gasteiger partial charge on any atom is -0.496 e. The van der Waals surface area contributed by atoms with E-state index in [0.29, 0.717) is 5.69 Å². The van der Waals surface area contributed by atoms with Gasteiger partial charge >= 0.3 is 0 Å². The highest BCUT2D eigenvalue weighted by Crippen LogP contribution is 2.37. The molecule has 92 valence electrons. The molecule has 1 aromatic carbocycles. The Balaban J connectivity index is 2.36. The molecule has 1 saturated heterocycles. The number of methoxy groups -OCH3 is 1. The van der Waals surface area contributed by atoms with E-state index >= 15 is 0 Å². The van der Waals surface area contributed by atoms with Crippen molar-refractivity contribution in [2.45, 2.75) is 25.8 Å². The summed E-state index contributed by atoms with van der Waals surface area (Å²) in [5, 5.41) is 0. The fraction of sp³-hybridized carbons (Fsp3) is 0.462. The van der Waals surface area contributed by atoms with Gasteiger partial charge in [0.15, 0.2) is 0 Å². The number of nitrogens with zero attached hydrogens (tertiary/aromatic N) is 1. The Bertz CT molecular complexity index is 431. The number of likely N-dealkylation sites (tertiary alicyclic amines) is 1. The molecule has 0 saturated carbocycles. The number of rotatable bonds is 2. The van der Waals surface area contributed by atoms with Gasteiger partial charge in [-0.25, -0.2) is 0 Å². The molecule has 0 aromatic heterocycles. The van der Waals surface area contributed by atoms with Crippen LogP contribution in [0.2, 0.25) is 0 Å². The highest BCUT2D eigenvalue weighted by atomic mass is 16.5. The van der Waals surface area contributed by atoms with Crippen LogP contribution in [0.4, 0.5) is 5.69 Å². The molecule has 0 radical (unpaired) electrons. The van der Waals surface area contributed by atoms with E-state index in [0.717, 1.165) is 30.7 Å². The maximum Gasteiger partial charge on any atom is 0.219 e. The second kappa shape index (κ2) is 4.65. The van der Waals surface area contributed by atoms with Gasteiger partial charge in [-0.1, -0.05) is 6.07 Å². The van der Waals surface area contributed by atoms with Gasteiger partial charge in [-0.15, -0.1) is 0 Å². The summed E-state index contributed by atoms with van der Waals surface area (Å²) in [6, 6.07) is 5.75. The van der Waals surface area contributed by atoms with Gasteiger partial charge < -0.3 is 15.4 Å². The number of benzene rings is 1. The molecule has 1 unspecified atom stereocenters. The monoisotopic (exact) mass is 234 g/mol. The second-order valence-corrected chi connectivity index (χ2v) is 4.37. The summed E-state index contributed by atoms with van der Waals surface area (Å²) in [6.45, 7) is 2.44. The smallest absolute Gasteiger partial charge is 0.219 e. The molecule has 0 bridgehead atoms. The molecule has 1 fully saturated rings. The van der Waals surface area contributed by atoms with Gasteiger partial charge in [-0.3, -0.25) is 4.79 Å². The average Bonchev–Trinajstić information content (AvgIpc) is 2.77. The lowest BCUT2D eigenvalue weighted by molar-refractivity contribution is -0.129. The zero-order chi connectivity index (χ0) is 12.4. The number of carbonyl (C=O) groups excluding carboxylic acids is 1. The predicted octanol–water partition coefficient (Wildman–Crippen LogP) is 1.96. The van der Waals surface area contributed by atoms with Crippen LogP contribution in [0.3, 0.4) is 0 Å². The van der Waals surface area contributed by atoms with E-state index in [-0.39, 0.29) is 11.9 Å². The van der Waals surface area contributed by atoms with E-state index < -0.39 is 0 Å². The molecule has 2 rings (SSSR count). The minimum atomic E-state index is 0.117. The van der Waals surface area contributed by atoms with Crippen molar-refractivity contribution in [3.05, 3.63) is 23.8 Å². The molecule has 1 heterocycles. The number of hydrogen-bond acceptors (Lipinski definition) is 3. The summed E-state index contributed by atoms with van der Waals surface area (Å²) in [5.74, 6) is 0.884. The number of ether oxygens (including phenoxy) is 1.